The van der Waals surface area contributed by atoms with E-state index in [9.17, 15) is 9.90 Å². The predicted octanol–water partition coefficient (Wildman–Crippen LogP) is 2.74. The van der Waals surface area contributed by atoms with Crippen molar-refractivity contribution in [2.75, 3.05) is 5.32 Å². The molecule has 0 aliphatic heterocycles. The largest absolute Gasteiger partial charge is 0.508 e. The lowest BCUT2D eigenvalue weighted by atomic mass is 10.2. The zero-order chi connectivity index (χ0) is 13.1. The number of nitrogens with one attached hydrogen (secondary N) is 1. The maximum atomic E-state index is 11.9. The molecule has 0 atom stereocenters. The minimum absolute atomic E-state index is 0.0444. The molecule has 0 saturated carbocycles. The number of carbonyl (C=O) groups excluding carboxylic acids is 1. The van der Waals surface area contributed by atoms with Crippen molar-refractivity contribution in [2.45, 2.75) is 0 Å². The summed E-state index contributed by atoms with van der Waals surface area (Å²) in [5, 5.41) is 18.9. The van der Waals surface area contributed by atoms with Gasteiger partial charge >= 0.3 is 0 Å². The summed E-state index contributed by atoms with van der Waals surface area (Å²) in [6.07, 6.45) is 0. The van der Waals surface area contributed by atoms with Crippen molar-refractivity contribution in [2.24, 2.45) is 0 Å². The summed E-state index contributed by atoms with van der Waals surface area (Å²) >= 11 is 11.4. The first-order valence-electron chi connectivity index (χ1n) is 4.85. The van der Waals surface area contributed by atoms with Gasteiger partial charge in [-0.15, -0.1) is 10.2 Å². The zero-order valence-electron chi connectivity index (χ0n) is 8.89. The van der Waals surface area contributed by atoms with E-state index < -0.39 is 5.91 Å². The molecule has 1 heterocycles. The van der Waals surface area contributed by atoms with Gasteiger partial charge in [0.25, 0.3) is 5.91 Å². The number of nitrogens with zero attached hydrogens (tertiary/aromatic N) is 2. The van der Waals surface area contributed by atoms with Gasteiger partial charge in [-0.1, -0.05) is 29.3 Å². The summed E-state index contributed by atoms with van der Waals surface area (Å²) in [6, 6.07) is 7.44. The highest BCUT2D eigenvalue weighted by atomic mass is 35.5. The molecule has 2 N–H and O–H groups in total. The quantitative estimate of drug-likeness (QED) is 0.889. The van der Waals surface area contributed by atoms with Crippen molar-refractivity contribution in [1.82, 2.24) is 10.2 Å². The monoisotopic (exact) mass is 283 g/mol. The lowest BCUT2D eigenvalue weighted by molar-refractivity contribution is 0.102. The summed E-state index contributed by atoms with van der Waals surface area (Å²) in [5.74, 6) is -0.438. The standard InChI is InChI=1S/C11H7Cl2N3O2/c12-9-5-8(10(13)16-15-9)11(18)14-6-2-1-3-7(17)4-6/h1-5,17H,(H,14,18). The molecule has 2 aromatic rings. The first kappa shape index (κ1) is 12.6. The summed E-state index contributed by atoms with van der Waals surface area (Å²) in [5.41, 5.74) is 0.545. The van der Waals surface area contributed by atoms with Crippen LogP contribution in [0.5, 0.6) is 5.75 Å². The van der Waals surface area contributed by atoms with Gasteiger partial charge in [0.1, 0.15) is 5.75 Å². The van der Waals surface area contributed by atoms with E-state index in [4.69, 9.17) is 23.2 Å². The molecule has 0 aliphatic carbocycles. The lowest BCUT2D eigenvalue weighted by Gasteiger charge is -2.06. The Balaban J connectivity index is 2.24. The Morgan fingerprint density at radius 2 is 2.00 bits per heavy atom. The number of halogens is 2. The summed E-state index contributed by atoms with van der Waals surface area (Å²) in [7, 11) is 0. The third-order valence-electron chi connectivity index (χ3n) is 2.07. The fraction of sp³-hybridized carbons (Fsp3) is 0. The summed E-state index contributed by atoms with van der Waals surface area (Å²) in [4.78, 5) is 11.9. The van der Waals surface area contributed by atoms with Crippen molar-refractivity contribution in [3.63, 3.8) is 0 Å². The average molecular weight is 284 g/mol. The molecule has 7 heteroatoms. The van der Waals surface area contributed by atoms with Crippen molar-refractivity contribution >= 4 is 34.8 Å². The second kappa shape index (κ2) is 5.20. The third kappa shape index (κ3) is 2.88. The second-order valence-electron chi connectivity index (χ2n) is 3.38. The molecule has 2 rings (SSSR count). The van der Waals surface area contributed by atoms with Crippen LogP contribution in [0.3, 0.4) is 0 Å². The number of rotatable bonds is 2. The van der Waals surface area contributed by atoms with Gasteiger partial charge < -0.3 is 10.4 Å². The van der Waals surface area contributed by atoms with Crippen molar-refractivity contribution in [3.05, 3.63) is 46.2 Å². The van der Waals surface area contributed by atoms with Crippen LogP contribution < -0.4 is 5.32 Å². The molecule has 1 aromatic heterocycles. The second-order valence-corrected chi connectivity index (χ2v) is 4.12. The maximum absolute atomic E-state index is 11.9. The molecule has 92 valence electrons. The summed E-state index contributed by atoms with van der Waals surface area (Å²) < 4.78 is 0. The Morgan fingerprint density at radius 3 is 2.72 bits per heavy atom. The van der Waals surface area contributed by atoms with Gasteiger partial charge in [-0.2, -0.15) is 0 Å². The van der Waals surface area contributed by atoms with Crippen LogP contribution in [0.1, 0.15) is 10.4 Å². The zero-order valence-corrected chi connectivity index (χ0v) is 10.4. The van der Waals surface area contributed by atoms with E-state index in [0.717, 1.165) is 0 Å². The van der Waals surface area contributed by atoms with Crippen molar-refractivity contribution < 1.29 is 9.90 Å². The Labute approximate surface area is 112 Å². The highest BCUT2D eigenvalue weighted by molar-refractivity contribution is 6.34. The van der Waals surface area contributed by atoms with E-state index in [2.05, 4.69) is 15.5 Å². The molecule has 1 aromatic carbocycles. The molecular weight excluding hydrogens is 277 g/mol. The number of benzene rings is 1. The Kier molecular flexibility index (Phi) is 3.64. The van der Waals surface area contributed by atoms with Gasteiger partial charge in [-0.3, -0.25) is 4.79 Å². The maximum Gasteiger partial charge on any atom is 0.258 e. The number of phenols is 1. The summed E-state index contributed by atoms with van der Waals surface area (Å²) in [6.45, 7) is 0. The van der Waals surface area contributed by atoms with E-state index in [1.807, 2.05) is 0 Å². The SMILES string of the molecule is O=C(Nc1cccc(O)c1)c1cc(Cl)nnc1Cl. The Bertz CT molecular complexity index is 605. The van der Waals surface area contributed by atoms with Crippen LogP contribution >= 0.6 is 23.2 Å². The van der Waals surface area contributed by atoms with Crippen molar-refractivity contribution in [3.8, 4) is 5.75 Å². The number of hydrogen-bond acceptors (Lipinski definition) is 4. The highest BCUT2D eigenvalue weighted by Gasteiger charge is 2.13. The van der Waals surface area contributed by atoms with Gasteiger partial charge in [0.05, 0.1) is 5.56 Å². The number of aromatic hydroxyl groups is 1. The molecular formula is C11H7Cl2N3O2. The molecule has 0 spiro atoms. The predicted molar refractivity (Wildman–Crippen MR) is 68.1 cm³/mol. The third-order valence-corrected chi connectivity index (χ3v) is 2.53. The van der Waals surface area contributed by atoms with Crippen LogP contribution in [0.4, 0.5) is 5.69 Å². The van der Waals surface area contributed by atoms with Crippen LogP contribution in [0.25, 0.3) is 0 Å². The topological polar surface area (TPSA) is 75.1 Å². The van der Waals surface area contributed by atoms with E-state index in [-0.39, 0.29) is 21.6 Å². The molecule has 18 heavy (non-hydrogen) atoms. The number of anilines is 1. The minimum Gasteiger partial charge on any atom is -0.508 e. The van der Waals surface area contributed by atoms with Crippen molar-refractivity contribution in [1.29, 1.82) is 0 Å². The number of amides is 1. The van der Waals surface area contributed by atoms with Crippen LogP contribution in [-0.4, -0.2) is 21.2 Å². The van der Waals surface area contributed by atoms with Crippen LogP contribution in [0.2, 0.25) is 10.3 Å². The normalized spacial score (nSPS) is 10.1. The minimum atomic E-state index is -0.484. The molecule has 0 bridgehead atoms. The van der Waals surface area contributed by atoms with Gasteiger partial charge in [-0.05, 0) is 18.2 Å². The number of aromatic nitrogens is 2. The molecule has 0 radical (unpaired) electrons. The van der Waals surface area contributed by atoms with E-state index >= 15 is 0 Å². The molecule has 0 unspecified atom stereocenters. The fourth-order valence-electron chi connectivity index (χ4n) is 1.29. The van der Waals surface area contributed by atoms with E-state index in [0.29, 0.717) is 5.69 Å². The molecule has 0 aliphatic rings. The van der Waals surface area contributed by atoms with Crippen LogP contribution in [0.15, 0.2) is 30.3 Å². The van der Waals surface area contributed by atoms with Crippen LogP contribution in [0, 0.1) is 0 Å². The average Bonchev–Trinajstić information content (AvgIpc) is 2.32. The molecule has 0 saturated heterocycles. The number of phenolic OH excluding ortho intramolecular Hbond substituents is 1. The molecule has 1 amide bonds. The smallest absolute Gasteiger partial charge is 0.258 e. The Morgan fingerprint density at radius 1 is 1.22 bits per heavy atom. The fourth-order valence-corrected chi connectivity index (χ4v) is 1.62. The van der Waals surface area contributed by atoms with E-state index in [1.165, 1.54) is 18.2 Å². The van der Waals surface area contributed by atoms with Crippen LogP contribution in [-0.2, 0) is 0 Å². The van der Waals surface area contributed by atoms with Gasteiger partial charge in [0.15, 0.2) is 10.3 Å². The lowest BCUT2D eigenvalue weighted by Crippen LogP contribution is -2.13. The Hall–Kier alpha value is -1.85. The first-order valence-corrected chi connectivity index (χ1v) is 5.61. The van der Waals surface area contributed by atoms with Gasteiger partial charge in [0.2, 0.25) is 0 Å². The van der Waals surface area contributed by atoms with Gasteiger partial charge in [0, 0.05) is 11.8 Å². The molecule has 5 nitrogen and oxygen atoms in total. The number of carbonyl (C=O) groups is 1. The number of hydrogen-bond donors (Lipinski definition) is 2. The first-order chi connectivity index (χ1) is 8.56. The highest BCUT2D eigenvalue weighted by Crippen LogP contribution is 2.19. The van der Waals surface area contributed by atoms with E-state index in [1.54, 1.807) is 12.1 Å². The molecule has 0 fully saturated rings. The van der Waals surface area contributed by atoms with Gasteiger partial charge in [-0.25, -0.2) is 0 Å².